The van der Waals surface area contributed by atoms with Gasteiger partial charge >= 0.3 is 0 Å². The highest BCUT2D eigenvalue weighted by molar-refractivity contribution is 7.22. The number of aryl methyl sites for hydroxylation is 1. The maximum absolute atomic E-state index is 13.5. The molecule has 3 aromatic carbocycles. The Morgan fingerprint density at radius 2 is 1.61 bits per heavy atom. The first kappa shape index (κ1) is 18.3. The summed E-state index contributed by atoms with van der Waals surface area (Å²) >= 11 is 1.64. The average Bonchev–Trinajstić information content (AvgIpc) is 3.11. The van der Waals surface area contributed by atoms with Gasteiger partial charge in [-0.15, -0.1) is 11.3 Å². The van der Waals surface area contributed by atoms with E-state index in [1.165, 1.54) is 5.56 Å². The molecular weight excluding hydrogens is 368 g/mol. The van der Waals surface area contributed by atoms with Crippen LogP contribution in [0.4, 0.5) is 0 Å². The monoisotopic (exact) mass is 388 g/mol. The predicted octanol–water partition coefficient (Wildman–Crippen LogP) is 6.12. The minimum atomic E-state index is 0.00979. The van der Waals surface area contributed by atoms with Crippen LogP contribution in [-0.2, 0) is 0 Å². The highest BCUT2D eigenvalue weighted by Crippen LogP contribution is 2.41. The van der Waals surface area contributed by atoms with Gasteiger partial charge in [0.1, 0.15) is 11.5 Å². The Balaban J connectivity index is 1.92. The molecular formula is C24H20O3S. The fourth-order valence-corrected chi connectivity index (χ4v) is 4.58. The summed E-state index contributed by atoms with van der Waals surface area (Å²) in [6, 6.07) is 21.3. The van der Waals surface area contributed by atoms with E-state index in [9.17, 15) is 4.79 Å². The van der Waals surface area contributed by atoms with Gasteiger partial charge in [-0.1, -0.05) is 24.3 Å². The van der Waals surface area contributed by atoms with Gasteiger partial charge in [0.15, 0.2) is 5.78 Å². The van der Waals surface area contributed by atoms with Crippen molar-refractivity contribution in [3.05, 3.63) is 83.4 Å². The van der Waals surface area contributed by atoms with Gasteiger partial charge in [0.05, 0.1) is 14.2 Å². The molecule has 0 aliphatic heterocycles. The van der Waals surface area contributed by atoms with Gasteiger partial charge < -0.3 is 9.47 Å². The zero-order valence-corrected chi connectivity index (χ0v) is 16.8. The zero-order valence-electron chi connectivity index (χ0n) is 16.0. The molecule has 4 aromatic rings. The van der Waals surface area contributed by atoms with Crippen molar-refractivity contribution < 1.29 is 14.3 Å². The number of thiophene rings is 1. The summed E-state index contributed by atoms with van der Waals surface area (Å²) in [6.45, 7) is 2.06. The van der Waals surface area contributed by atoms with E-state index in [1.807, 2.05) is 54.6 Å². The van der Waals surface area contributed by atoms with E-state index in [4.69, 9.17) is 9.47 Å². The Labute approximate surface area is 168 Å². The van der Waals surface area contributed by atoms with E-state index >= 15 is 0 Å². The maximum atomic E-state index is 13.5. The van der Waals surface area contributed by atoms with Crippen molar-refractivity contribution in [2.75, 3.05) is 14.2 Å². The molecule has 0 unspecified atom stereocenters. The topological polar surface area (TPSA) is 35.5 Å². The van der Waals surface area contributed by atoms with Gasteiger partial charge in [-0.05, 0) is 60.5 Å². The smallest absolute Gasteiger partial charge is 0.195 e. The summed E-state index contributed by atoms with van der Waals surface area (Å²) in [5.74, 6) is 1.51. The van der Waals surface area contributed by atoms with Gasteiger partial charge in [0.25, 0.3) is 0 Å². The van der Waals surface area contributed by atoms with Crippen LogP contribution in [0.1, 0.15) is 21.5 Å². The van der Waals surface area contributed by atoms with Gasteiger partial charge in [0.2, 0.25) is 0 Å². The van der Waals surface area contributed by atoms with Gasteiger partial charge in [-0.3, -0.25) is 4.79 Å². The summed E-state index contributed by atoms with van der Waals surface area (Å²) in [4.78, 5) is 14.4. The second-order valence-corrected chi connectivity index (χ2v) is 7.65. The Hall–Kier alpha value is -3.11. The van der Waals surface area contributed by atoms with Crippen LogP contribution in [0.5, 0.6) is 11.5 Å². The van der Waals surface area contributed by atoms with Crippen LogP contribution in [0.3, 0.4) is 0 Å². The summed E-state index contributed by atoms with van der Waals surface area (Å²) in [6.07, 6.45) is 0. The van der Waals surface area contributed by atoms with E-state index in [2.05, 4.69) is 19.1 Å². The van der Waals surface area contributed by atoms with Gasteiger partial charge in [-0.2, -0.15) is 0 Å². The number of hydrogen-bond donors (Lipinski definition) is 0. The fraction of sp³-hybridized carbons (Fsp3) is 0.125. The summed E-state index contributed by atoms with van der Waals surface area (Å²) in [5, 5.41) is 0.981. The van der Waals surface area contributed by atoms with Gasteiger partial charge in [-0.25, -0.2) is 0 Å². The van der Waals surface area contributed by atoms with E-state index in [1.54, 1.807) is 25.6 Å². The third-order valence-corrected chi connectivity index (χ3v) is 5.96. The van der Waals surface area contributed by atoms with Crippen molar-refractivity contribution in [1.29, 1.82) is 0 Å². The molecule has 1 aromatic heterocycles. The zero-order chi connectivity index (χ0) is 19.7. The quantitative estimate of drug-likeness (QED) is 0.386. The van der Waals surface area contributed by atoms with Crippen molar-refractivity contribution in [3.63, 3.8) is 0 Å². The van der Waals surface area contributed by atoms with Crippen LogP contribution in [0.15, 0.2) is 66.7 Å². The molecule has 0 fully saturated rings. The fourth-order valence-electron chi connectivity index (χ4n) is 3.28. The molecule has 0 saturated heterocycles. The first-order chi connectivity index (χ1) is 13.6. The number of fused-ring (bicyclic) bond motifs is 1. The molecule has 0 atom stereocenters. The number of hydrogen-bond acceptors (Lipinski definition) is 4. The molecule has 1 heterocycles. The first-order valence-electron chi connectivity index (χ1n) is 8.97. The lowest BCUT2D eigenvalue weighted by molar-refractivity contribution is 0.104. The van der Waals surface area contributed by atoms with Crippen molar-refractivity contribution in [1.82, 2.24) is 0 Å². The molecule has 28 heavy (non-hydrogen) atoms. The van der Waals surface area contributed by atoms with Crippen LogP contribution >= 0.6 is 11.3 Å². The maximum Gasteiger partial charge on any atom is 0.195 e. The SMILES string of the molecule is COc1ccc(C(=O)c2c(-c3cccc(OC)c3)sc3cc(C)ccc23)cc1. The molecule has 4 heteroatoms. The average molecular weight is 388 g/mol. The number of benzene rings is 3. The summed E-state index contributed by atoms with van der Waals surface area (Å²) < 4.78 is 11.7. The van der Waals surface area contributed by atoms with Crippen molar-refractivity contribution in [3.8, 4) is 21.9 Å². The summed E-state index contributed by atoms with van der Waals surface area (Å²) in [5.41, 5.74) is 3.54. The van der Waals surface area contributed by atoms with Crippen molar-refractivity contribution in [2.24, 2.45) is 0 Å². The lowest BCUT2D eigenvalue weighted by atomic mass is 9.97. The Morgan fingerprint density at radius 3 is 2.32 bits per heavy atom. The molecule has 0 radical (unpaired) electrons. The molecule has 140 valence electrons. The third kappa shape index (κ3) is 3.27. The Morgan fingerprint density at radius 1 is 0.857 bits per heavy atom. The van der Waals surface area contributed by atoms with E-state index in [0.29, 0.717) is 5.56 Å². The number of ether oxygens (including phenoxy) is 2. The molecule has 3 nitrogen and oxygen atoms in total. The molecule has 0 spiro atoms. The second-order valence-electron chi connectivity index (χ2n) is 6.60. The molecule has 0 aliphatic rings. The Kier molecular flexibility index (Phi) is 4.88. The highest BCUT2D eigenvalue weighted by Gasteiger charge is 2.22. The predicted molar refractivity (Wildman–Crippen MR) is 115 cm³/mol. The molecule has 4 rings (SSSR count). The van der Waals surface area contributed by atoms with E-state index in [-0.39, 0.29) is 5.78 Å². The standard InChI is InChI=1S/C24H20O3S/c1-15-7-12-20-21(13-15)28-24(17-5-4-6-19(14-17)27-3)22(20)23(25)16-8-10-18(26-2)11-9-16/h4-14H,1-3H3. The Bertz CT molecular complexity index is 1160. The van der Waals surface area contributed by atoms with Crippen LogP contribution in [0.25, 0.3) is 20.5 Å². The number of carbonyl (C=O) groups is 1. The number of methoxy groups -OCH3 is 2. The number of carbonyl (C=O) groups excluding carboxylic acids is 1. The number of ketones is 1. The molecule has 0 N–H and O–H groups in total. The van der Waals surface area contributed by atoms with Gasteiger partial charge in [0, 0.05) is 26.1 Å². The molecule has 0 saturated carbocycles. The van der Waals surface area contributed by atoms with E-state index in [0.717, 1.165) is 37.6 Å². The number of rotatable bonds is 5. The third-order valence-electron chi connectivity index (χ3n) is 4.76. The van der Waals surface area contributed by atoms with Crippen molar-refractivity contribution >= 4 is 27.2 Å². The van der Waals surface area contributed by atoms with Crippen LogP contribution in [0.2, 0.25) is 0 Å². The summed E-state index contributed by atoms with van der Waals surface area (Å²) in [7, 11) is 3.27. The minimum Gasteiger partial charge on any atom is -0.497 e. The molecule has 0 bridgehead atoms. The highest BCUT2D eigenvalue weighted by atomic mass is 32.1. The minimum absolute atomic E-state index is 0.00979. The normalized spacial score (nSPS) is 10.8. The molecule has 0 aliphatic carbocycles. The van der Waals surface area contributed by atoms with Crippen molar-refractivity contribution in [2.45, 2.75) is 6.92 Å². The second kappa shape index (κ2) is 7.49. The van der Waals surface area contributed by atoms with Crippen LogP contribution in [0, 0.1) is 6.92 Å². The largest absolute Gasteiger partial charge is 0.497 e. The van der Waals surface area contributed by atoms with Crippen LogP contribution < -0.4 is 9.47 Å². The first-order valence-corrected chi connectivity index (χ1v) is 9.78. The molecule has 0 amide bonds. The lowest BCUT2D eigenvalue weighted by Gasteiger charge is -2.07. The lowest BCUT2D eigenvalue weighted by Crippen LogP contribution is -2.02. The van der Waals surface area contributed by atoms with E-state index < -0.39 is 0 Å². The van der Waals surface area contributed by atoms with Crippen LogP contribution in [-0.4, -0.2) is 20.0 Å².